The van der Waals surface area contributed by atoms with Gasteiger partial charge < -0.3 is 32.6 Å². The van der Waals surface area contributed by atoms with Crippen molar-refractivity contribution in [2.75, 3.05) is 16.1 Å². The van der Waals surface area contributed by atoms with Gasteiger partial charge in [-0.25, -0.2) is 4.98 Å². The highest BCUT2D eigenvalue weighted by Crippen LogP contribution is 2.26. The number of aromatic nitrogens is 2. The molecule has 3 rings (SSSR count). The lowest BCUT2D eigenvalue weighted by atomic mass is 9.91. The van der Waals surface area contributed by atoms with Gasteiger partial charge in [-0.2, -0.15) is 10.1 Å². The smallest absolute Gasteiger partial charge is 0.224 e. The first-order chi connectivity index (χ1) is 14.1. The first kappa shape index (κ1) is 20.6. The topological polar surface area (TPSA) is 170 Å². The number of nitrogens with one attached hydrogen (secondary N) is 4. The number of benzene rings is 1. The van der Waals surface area contributed by atoms with E-state index < -0.39 is 6.23 Å². The summed E-state index contributed by atoms with van der Waals surface area (Å²) in [6, 6.07) is 7.52. The standard InChI is InChI=1S/C19H27N9O/c20-8-9-24-28-13-5-3-4-12(10-13)25-18-14(17(22)29)11-23-19(27-18)26-16-7-2-1-6-15(16)21/h3-5,8-11,15-17,20,28-29H,1-2,6-7,21-22H2,(H2,23,25,26,27). The second-order valence-electron chi connectivity index (χ2n) is 6.90. The molecule has 154 valence electrons. The van der Waals surface area contributed by atoms with E-state index in [4.69, 9.17) is 16.9 Å². The van der Waals surface area contributed by atoms with Crippen LogP contribution in [-0.4, -0.2) is 39.6 Å². The Morgan fingerprint density at radius 3 is 2.83 bits per heavy atom. The molecule has 10 nitrogen and oxygen atoms in total. The molecule has 0 radical (unpaired) electrons. The highest BCUT2D eigenvalue weighted by atomic mass is 16.3. The van der Waals surface area contributed by atoms with Crippen LogP contribution >= 0.6 is 0 Å². The molecule has 1 saturated carbocycles. The minimum absolute atomic E-state index is 0.0628. The van der Waals surface area contributed by atoms with Gasteiger partial charge in [0.15, 0.2) is 0 Å². The summed E-state index contributed by atoms with van der Waals surface area (Å²) in [5.74, 6) is 0.839. The third-order valence-corrected chi connectivity index (χ3v) is 4.74. The molecule has 10 heteroatoms. The number of nitrogens with zero attached hydrogens (tertiary/aromatic N) is 3. The summed E-state index contributed by atoms with van der Waals surface area (Å²) in [4.78, 5) is 8.80. The first-order valence-electron chi connectivity index (χ1n) is 9.54. The van der Waals surface area contributed by atoms with E-state index in [0.717, 1.165) is 43.3 Å². The summed E-state index contributed by atoms with van der Waals surface area (Å²) in [5, 5.41) is 27.2. The molecule has 9 N–H and O–H groups in total. The van der Waals surface area contributed by atoms with E-state index in [1.807, 2.05) is 24.3 Å². The maximum Gasteiger partial charge on any atom is 0.224 e. The average Bonchev–Trinajstić information content (AvgIpc) is 2.70. The number of aliphatic hydroxyl groups excluding tert-OH is 1. The summed E-state index contributed by atoms with van der Waals surface area (Å²) >= 11 is 0. The van der Waals surface area contributed by atoms with Crippen LogP contribution in [0.5, 0.6) is 0 Å². The van der Waals surface area contributed by atoms with Gasteiger partial charge in [-0.3, -0.25) is 5.43 Å². The van der Waals surface area contributed by atoms with Gasteiger partial charge in [0.05, 0.1) is 17.5 Å². The van der Waals surface area contributed by atoms with Crippen molar-refractivity contribution in [2.45, 2.75) is 44.0 Å². The van der Waals surface area contributed by atoms with E-state index in [9.17, 15) is 5.11 Å². The van der Waals surface area contributed by atoms with E-state index in [1.165, 1.54) is 12.4 Å². The van der Waals surface area contributed by atoms with Crippen LogP contribution in [0.15, 0.2) is 35.6 Å². The van der Waals surface area contributed by atoms with Crippen molar-refractivity contribution < 1.29 is 5.11 Å². The van der Waals surface area contributed by atoms with Crippen LogP contribution < -0.4 is 27.5 Å². The van der Waals surface area contributed by atoms with Gasteiger partial charge in [0.1, 0.15) is 12.0 Å². The SMILES string of the molecule is N=CC=NNc1cccc(Nc2nc(NC3CCCCC3N)ncc2C(N)O)c1. The van der Waals surface area contributed by atoms with Crippen LogP contribution in [0.4, 0.5) is 23.1 Å². The molecule has 0 bridgehead atoms. The van der Waals surface area contributed by atoms with Crippen LogP contribution in [0.3, 0.4) is 0 Å². The second kappa shape index (κ2) is 9.92. The number of anilines is 4. The molecule has 3 atom stereocenters. The maximum atomic E-state index is 9.90. The summed E-state index contributed by atoms with van der Waals surface area (Å²) in [6.45, 7) is 0. The second-order valence-corrected chi connectivity index (χ2v) is 6.90. The Bertz CT molecular complexity index is 855. The van der Waals surface area contributed by atoms with Crippen molar-refractivity contribution in [1.82, 2.24) is 9.97 Å². The molecule has 1 aromatic heterocycles. The molecule has 0 aliphatic heterocycles. The highest BCUT2D eigenvalue weighted by Gasteiger charge is 2.23. The molecule has 29 heavy (non-hydrogen) atoms. The quantitative estimate of drug-likeness (QED) is 0.201. The fraction of sp³-hybridized carbons (Fsp3) is 0.368. The number of nitrogens with two attached hydrogens (primary N) is 2. The van der Waals surface area contributed by atoms with Crippen LogP contribution in [-0.2, 0) is 0 Å². The molecule has 0 spiro atoms. The molecule has 0 amide bonds. The highest BCUT2D eigenvalue weighted by molar-refractivity contribution is 6.14. The third kappa shape index (κ3) is 5.70. The first-order valence-corrected chi connectivity index (χ1v) is 9.54. The Kier molecular flexibility index (Phi) is 7.06. The fourth-order valence-corrected chi connectivity index (χ4v) is 3.23. The summed E-state index contributed by atoms with van der Waals surface area (Å²) in [5.41, 5.74) is 16.5. The van der Waals surface area contributed by atoms with Crippen LogP contribution in [0.1, 0.15) is 37.5 Å². The Labute approximate surface area is 169 Å². The van der Waals surface area contributed by atoms with Crippen molar-refractivity contribution in [3.8, 4) is 0 Å². The van der Waals surface area contributed by atoms with Crippen LogP contribution in [0.25, 0.3) is 0 Å². The van der Waals surface area contributed by atoms with Crippen molar-refractivity contribution in [3.63, 3.8) is 0 Å². The molecule has 1 aliphatic rings. The molecule has 2 aromatic rings. The lowest BCUT2D eigenvalue weighted by Gasteiger charge is -2.29. The summed E-state index contributed by atoms with van der Waals surface area (Å²) in [7, 11) is 0. The maximum absolute atomic E-state index is 9.90. The molecular formula is C19H27N9O. The van der Waals surface area contributed by atoms with Crippen molar-refractivity contribution >= 4 is 35.6 Å². The Balaban J connectivity index is 1.80. The van der Waals surface area contributed by atoms with Crippen molar-refractivity contribution in [1.29, 1.82) is 5.41 Å². The predicted molar refractivity (Wildman–Crippen MR) is 116 cm³/mol. The number of hydrazone groups is 1. The Morgan fingerprint density at radius 2 is 2.07 bits per heavy atom. The van der Waals surface area contributed by atoms with E-state index in [1.54, 1.807) is 0 Å². The monoisotopic (exact) mass is 397 g/mol. The minimum atomic E-state index is -1.22. The van der Waals surface area contributed by atoms with Gasteiger partial charge in [-0.1, -0.05) is 18.9 Å². The number of rotatable bonds is 8. The van der Waals surface area contributed by atoms with Crippen molar-refractivity contribution in [3.05, 3.63) is 36.0 Å². The molecular weight excluding hydrogens is 370 g/mol. The van der Waals surface area contributed by atoms with Gasteiger partial charge in [-0.15, -0.1) is 0 Å². The lowest BCUT2D eigenvalue weighted by molar-refractivity contribution is 0.186. The number of aliphatic hydroxyl groups is 1. The van der Waals surface area contributed by atoms with E-state index in [-0.39, 0.29) is 12.1 Å². The molecule has 1 aliphatic carbocycles. The molecule has 0 saturated heterocycles. The summed E-state index contributed by atoms with van der Waals surface area (Å²) < 4.78 is 0. The van der Waals surface area contributed by atoms with Crippen LogP contribution in [0, 0.1) is 5.41 Å². The minimum Gasteiger partial charge on any atom is -0.374 e. The van der Waals surface area contributed by atoms with Gasteiger partial charge in [0.25, 0.3) is 0 Å². The zero-order chi connectivity index (χ0) is 20.6. The van der Waals surface area contributed by atoms with E-state index in [2.05, 4.69) is 31.1 Å². The number of hydrogen-bond acceptors (Lipinski definition) is 10. The fourth-order valence-electron chi connectivity index (χ4n) is 3.23. The molecule has 1 aromatic carbocycles. The normalized spacial score (nSPS) is 20.2. The lowest BCUT2D eigenvalue weighted by Crippen LogP contribution is -2.43. The van der Waals surface area contributed by atoms with Gasteiger partial charge in [-0.05, 0) is 31.0 Å². The molecule has 3 unspecified atom stereocenters. The number of hydrogen-bond donors (Lipinski definition) is 7. The summed E-state index contributed by atoms with van der Waals surface area (Å²) in [6.07, 6.45) is 6.91. The third-order valence-electron chi connectivity index (χ3n) is 4.74. The molecule has 1 fully saturated rings. The van der Waals surface area contributed by atoms with E-state index in [0.29, 0.717) is 17.3 Å². The van der Waals surface area contributed by atoms with E-state index >= 15 is 0 Å². The Hall–Kier alpha value is -3.08. The molecule has 1 heterocycles. The Morgan fingerprint density at radius 1 is 1.28 bits per heavy atom. The van der Waals surface area contributed by atoms with Gasteiger partial charge in [0.2, 0.25) is 5.95 Å². The average molecular weight is 397 g/mol. The van der Waals surface area contributed by atoms with Gasteiger partial charge in [0, 0.05) is 30.2 Å². The van der Waals surface area contributed by atoms with Crippen LogP contribution in [0.2, 0.25) is 0 Å². The predicted octanol–water partition coefficient (Wildman–Crippen LogP) is 1.90. The zero-order valence-corrected chi connectivity index (χ0v) is 16.0. The largest absolute Gasteiger partial charge is 0.374 e. The van der Waals surface area contributed by atoms with Crippen molar-refractivity contribution in [2.24, 2.45) is 16.6 Å². The van der Waals surface area contributed by atoms with Gasteiger partial charge >= 0.3 is 0 Å². The zero-order valence-electron chi connectivity index (χ0n) is 16.0.